The van der Waals surface area contributed by atoms with Crippen molar-refractivity contribution in [1.82, 2.24) is 15.3 Å². The third-order valence-electron chi connectivity index (χ3n) is 2.48. The van der Waals surface area contributed by atoms with E-state index < -0.39 is 17.5 Å². The number of nitrogens with one attached hydrogen (secondary N) is 1. The van der Waals surface area contributed by atoms with E-state index in [1.165, 1.54) is 18.3 Å². The Labute approximate surface area is 109 Å². The van der Waals surface area contributed by atoms with E-state index >= 15 is 0 Å². The van der Waals surface area contributed by atoms with Crippen LogP contribution in [0.4, 0.5) is 4.39 Å². The molecule has 0 aliphatic carbocycles. The Morgan fingerprint density at radius 1 is 1.37 bits per heavy atom. The molecule has 0 aliphatic rings. The van der Waals surface area contributed by atoms with Crippen molar-refractivity contribution in [2.24, 2.45) is 0 Å². The predicted octanol–water partition coefficient (Wildman–Crippen LogP) is 1.56. The van der Waals surface area contributed by atoms with Crippen molar-refractivity contribution in [3.8, 4) is 5.75 Å². The molecular formula is C13H12FN3O2. The largest absolute Gasteiger partial charge is 0.507 e. The molecule has 0 fully saturated rings. The molecule has 1 aromatic heterocycles. The molecule has 1 aromatic carbocycles. The van der Waals surface area contributed by atoms with Gasteiger partial charge >= 0.3 is 0 Å². The smallest absolute Gasteiger partial charge is 0.258 e. The fourth-order valence-electron chi connectivity index (χ4n) is 1.51. The Bertz CT molecular complexity index is 579. The number of carbonyl (C=O) groups is 1. The van der Waals surface area contributed by atoms with Gasteiger partial charge < -0.3 is 10.4 Å². The highest BCUT2D eigenvalue weighted by Gasteiger charge is 2.16. The van der Waals surface area contributed by atoms with Crippen LogP contribution in [-0.2, 0) is 6.54 Å². The highest BCUT2D eigenvalue weighted by Crippen LogP contribution is 2.19. The number of amides is 1. The molecule has 0 bridgehead atoms. The van der Waals surface area contributed by atoms with E-state index in [9.17, 15) is 14.3 Å². The third kappa shape index (κ3) is 3.04. The molecule has 0 atom stereocenters. The molecule has 19 heavy (non-hydrogen) atoms. The van der Waals surface area contributed by atoms with Crippen molar-refractivity contribution in [3.63, 3.8) is 0 Å². The summed E-state index contributed by atoms with van der Waals surface area (Å²) in [6, 6.07) is 3.69. The molecule has 0 saturated carbocycles. The minimum Gasteiger partial charge on any atom is -0.507 e. The minimum atomic E-state index is -0.771. The molecular weight excluding hydrogens is 249 g/mol. The average Bonchev–Trinajstić information content (AvgIpc) is 2.38. The topological polar surface area (TPSA) is 75.1 Å². The van der Waals surface area contributed by atoms with Gasteiger partial charge in [0.1, 0.15) is 17.1 Å². The molecule has 2 aromatic rings. The van der Waals surface area contributed by atoms with Gasteiger partial charge in [0.2, 0.25) is 0 Å². The monoisotopic (exact) mass is 261 g/mol. The van der Waals surface area contributed by atoms with Crippen LogP contribution in [0.15, 0.2) is 30.6 Å². The summed E-state index contributed by atoms with van der Waals surface area (Å²) in [7, 11) is 0. The van der Waals surface area contributed by atoms with E-state index in [1.807, 2.05) is 0 Å². The van der Waals surface area contributed by atoms with Gasteiger partial charge in [-0.25, -0.2) is 4.39 Å². The normalized spacial score (nSPS) is 10.2. The molecule has 5 nitrogen and oxygen atoms in total. The zero-order chi connectivity index (χ0) is 13.8. The van der Waals surface area contributed by atoms with Crippen LogP contribution >= 0.6 is 0 Å². The Kier molecular flexibility index (Phi) is 3.70. The number of benzene rings is 1. The molecule has 6 heteroatoms. The van der Waals surface area contributed by atoms with Gasteiger partial charge in [-0.3, -0.25) is 14.8 Å². The number of phenolic OH excluding ortho intramolecular Hbond substituents is 1. The number of carbonyl (C=O) groups excluding carboxylic acids is 1. The highest BCUT2D eigenvalue weighted by molar-refractivity contribution is 5.96. The third-order valence-corrected chi connectivity index (χ3v) is 2.48. The molecule has 0 aliphatic heterocycles. The van der Waals surface area contributed by atoms with Crippen LogP contribution < -0.4 is 5.32 Å². The van der Waals surface area contributed by atoms with Crippen LogP contribution in [0.25, 0.3) is 0 Å². The lowest BCUT2D eigenvalue weighted by atomic mass is 10.1. The van der Waals surface area contributed by atoms with Crippen LogP contribution in [0, 0.1) is 12.7 Å². The number of aryl methyl sites for hydroxylation is 1. The predicted molar refractivity (Wildman–Crippen MR) is 66.0 cm³/mol. The van der Waals surface area contributed by atoms with Crippen LogP contribution in [0.1, 0.15) is 21.7 Å². The first kappa shape index (κ1) is 12.9. The summed E-state index contributed by atoms with van der Waals surface area (Å²) in [4.78, 5) is 19.9. The molecule has 1 amide bonds. The maximum absolute atomic E-state index is 13.4. The van der Waals surface area contributed by atoms with E-state index in [0.29, 0.717) is 5.69 Å². The Balaban J connectivity index is 2.07. The zero-order valence-electron chi connectivity index (χ0n) is 10.2. The fraction of sp³-hybridized carbons (Fsp3) is 0.154. The molecule has 2 rings (SSSR count). The lowest BCUT2D eigenvalue weighted by Gasteiger charge is -2.07. The SMILES string of the molecule is Cc1cnc(CNC(=O)c2c(O)cccc2F)cn1. The molecule has 0 unspecified atom stereocenters. The Morgan fingerprint density at radius 2 is 2.16 bits per heavy atom. The average molecular weight is 261 g/mol. The highest BCUT2D eigenvalue weighted by atomic mass is 19.1. The summed E-state index contributed by atoms with van der Waals surface area (Å²) < 4.78 is 13.4. The van der Waals surface area contributed by atoms with Crippen molar-refractivity contribution in [3.05, 3.63) is 53.4 Å². The van der Waals surface area contributed by atoms with E-state index in [2.05, 4.69) is 15.3 Å². The first-order valence-corrected chi connectivity index (χ1v) is 5.61. The van der Waals surface area contributed by atoms with Crippen molar-refractivity contribution in [2.45, 2.75) is 13.5 Å². The Morgan fingerprint density at radius 3 is 2.79 bits per heavy atom. The number of phenols is 1. The van der Waals surface area contributed by atoms with Gasteiger partial charge in [-0.1, -0.05) is 6.07 Å². The summed E-state index contributed by atoms with van der Waals surface area (Å²) in [6.07, 6.45) is 3.10. The summed E-state index contributed by atoms with van der Waals surface area (Å²) >= 11 is 0. The van der Waals surface area contributed by atoms with Gasteiger partial charge in [-0.2, -0.15) is 0 Å². The van der Waals surface area contributed by atoms with Gasteiger partial charge in [-0.05, 0) is 19.1 Å². The molecule has 0 radical (unpaired) electrons. The van der Waals surface area contributed by atoms with Gasteiger partial charge in [-0.15, -0.1) is 0 Å². The minimum absolute atomic E-state index is 0.111. The molecule has 2 N–H and O–H groups in total. The summed E-state index contributed by atoms with van der Waals surface area (Å²) in [5, 5.41) is 11.9. The number of halogens is 1. The second-order valence-corrected chi connectivity index (χ2v) is 3.97. The van der Waals surface area contributed by atoms with Crippen molar-refractivity contribution in [1.29, 1.82) is 0 Å². The molecule has 0 saturated heterocycles. The quantitative estimate of drug-likeness (QED) is 0.879. The zero-order valence-corrected chi connectivity index (χ0v) is 10.2. The number of hydrogen-bond donors (Lipinski definition) is 2. The Hall–Kier alpha value is -2.50. The van der Waals surface area contributed by atoms with Crippen LogP contribution in [0.2, 0.25) is 0 Å². The fourth-order valence-corrected chi connectivity index (χ4v) is 1.51. The van der Waals surface area contributed by atoms with Crippen molar-refractivity contribution in [2.75, 3.05) is 0 Å². The maximum atomic E-state index is 13.4. The second kappa shape index (κ2) is 5.43. The van der Waals surface area contributed by atoms with Crippen molar-refractivity contribution < 1.29 is 14.3 Å². The summed E-state index contributed by atoms with van der Waals surface area (Å²) in [5.74, 6) is -1.86. The van der Waals surface area contributed by atoms with Gasteiger partial charge in [0.25, 0.3) is 5.91 Å². The van der Waals surface area contributed by atoms with Crippen molar-refractivity contribution >= 4 is 5.91 Å². The first-order valence-electron chi connectivity index (χ1n) is 5.61. The number of hydrogen-bond acceptors (Lipinski definition) is 4. The van der Waals surface area contributed by atoms with E-state index in [1.54, 1.807) is 13.1 Å². The number of rotatable bonds is 3. The van der Waals surface area contributed by atoms with Crippen LogP contribution in [0.5, 0.6) is 5.75 Å². The summed E-state index contributed by atoms with van der Waals surface area (Å²) in [6.45, 7) is 1.91. The van der Waals surface area contributed by atoms with Gasteiger partial charge in [0.05, 0.1) is 24.1 Å². The molecule has 0 spiro atoms. The van der Waals surface area contributed by atoms with Crippen LogP contribution in [0.3, 0.4) is 0 Å². The van der Waals surface area contributed by atoms with Crippen LogP contribution in [-0.4, -0.2) is 21.0 Å². The van der Waals surface area contributed by atoms with E-state index in [4.69, 9.17) is 0 Å². The lowest BCUT2D eigenvalue weighted by molar-refractivity contribution is 0.0943. The second-order valence-electron chi connectivity index (χ2n) is 3.97. The standard InChI is InChI=1S/C13H12FN3O2/c1-8-5-16-9(6-15-8)7-17-13(19)12-10(14)3-2-4-11(12)18/h2-6,18H,7H2,1H3,(H,17,19). The number of nitrogens with zero attached hydrogens (tertiary/aromatic N) is 2. The maximum Gasteiger partial charge on any atom is 0.258 e. The molecule has 98 valence electrons. The number of aromatic hydroxyl groups is 1. The first-order chi connectivity index (χ1) is 9.08. The van der Waals surface area contributed by atoms with Gasteiger partial charge in [0, 0.05) is 6.20 Å². The van der Waals surface area contributed by atoms with Gasteiger partial charge in [0.15, 0.2) is 0 Å². The summed E-state index contributed by atoms with van der Waals surface area (Å²) in [5.41, 5.74) is 0.944. The van der Waals surface area contributed by atoms with E-state index in [-0.39, 0.29) is 12.1 Å². The van der Waals surface area contributed by atoms with E-state index in [0.717, 1.165) is 11.8 Å². The lowest BCUT2D eigenvalue weighted by Crippen LogP contribution is -2.24. The molecule has 1 heterocycles. The number of aromatic nitrogens is 2.